The van der Waals surface area contributed by atoms with Gasteiger partial charge in [0.1, 0.15) is 0 Å². The number of carbonyl (C=O) groups excluding carboxylic acids is 1. The molecule has 0 radical (unpaired) electrons. The summed E-state index contributed by atoms with van der Waals surface area (Å²) in [5.41, 5.74) is 7.43. The molecule has 1 aliphatic rings. The number of hydrogen-bond acceptors (Lipinski definition) is 5. The Balaban J connectivity index is 0.000000197. The first-order chi connectivity index (χ1) is 12.4. The number of rotatable bonds is 3. The van der Waals surface area contributed by atoms with Crippen LogP contribution in [0, 0.1) is 11.3 Å². The maximum atomic E-state index is 11.6. The monoisotopic (exact) mass is 353 g/mol. The van der Waals surface area contributed by atoms with Crippen molar-refractivity contribution < 1.29 is 19.8 Å². The van der Waals surface area contributed by atoms with E-state index in [4.69, 9.17) is 21.2 Å². The number of nitriles is 1. The molecular formula is C19H19N3O4. The Bertz CT molecular complexity index is 800. The van der Waals surface area contributed by atoms with E-state index in [0.29, 0.717) is 24.1 Å². The van der Waals surface area contributed by atoms with Crippen molar-refractivity contribution in [2.24, 2.45) is 5.73 Å². The number of amides is 1. The lowest BCUT2D eigenvalue weighted by Crippen LogP contribution is -2.33. The summed E-state index contributed by atoms with van der Waals surface area (Å²) in [5, 5.41) is 26.0. The Morgan fingerprint density at radius 3 is 2.27 bits per heavy atom. The van der Waals surface area contributed by atoms with Crippen molar-refractivity contribution in [1.29, 1.82) is 5.26 Å². The lowest BCUT2D eigenvalue weighted by molar-refractivity contribution is -0.146. The molecule has 2 aromatic rings. The molecule has 0 aromatic heterocycles. The topological polar surface area (TPSA) is 128 Å². The highest BCUT2D eigenvalue weighted by atomic mass is 16.4. The quantitative estimate of drug-likeness (QED) is 0.766. The van der Waals surface area contributed by atoms with E-state index >= 15 is 0 Å². The van der Waals surface area contributed by atoms with Crippen LogP contribution in [0.4, 0.5) is 5.69 Å². The number of nitrogens with zero attached hydrogens (tertiary/aromatic N) is 2. The summed E-state index contributed by atoms with van der Waals surface area (Å²) in [5.74, 6) is -1.27. The second kappa shape index (κ2) is 8.76. The number of hydrogen-bond donors (Lipinski definition) is 3. The van der Waals surface area contributed by atoms with Gasteiger partial charge in [-0.3, -0.25) is 4.79 Å². The van der Waals surface area contributed by atoms with Gasteiger partial charge >= 0.3 is 5.97 Å². The Morgan fingerprint density at radius 1 is 1.19 bits per heavy atom. The fourth-order valence-electron chi connectivity index (χ4n) is 2.45. The molecule has 0 spiro atoms. The summed E-state index contributed by atoms with van der Waals surface area (Å²) in [4.78, 5) is 23.5. The molecular weight excluding hydrogens is 334 g/mol. The molecule has 1 fully saturated rings. The Morgan fingerprint density at radius 2 is 1.81 bits per heavy atom. The largest absolute Gasteiger partial charge is 0.479 e. The number of aliphatic hydroxyl groups excluding tert-OH is 1. The van der Waals surface area contributed by atoms with Crippen LogP contribution in [0.1, 0.15) is 23.7 Å². The van der Waals surface area contributed by atoms with Crippen LogP contribution < -0.4 is 10.6 Å². The predicted octanol–water partition coefficient (Wildman–Crippen LogP) is 1.43. The Kier molecular flexibility index (Phi) is 6.44. The fourth-order valence-corrected chi connectivity index (χ4v) is 2.45. The fraction of sp³-hybridized carbons (Fsp3) is 0.211. The average molecular weight is 353 g/mol. The number of aliphatic carboxylic acids is 1. The van der Waals surface area contributed by atoms with Gasteiger partial charge in [-0.05, 0) is 36.2 Å². The highest BCUT2D eigenvalue weighted by molar-refractivity contribution is 5.99. The smallest absolute Gasteiger partial charge is 0.337 e. The van der Waals surface area contributed by atoms with Crippen LogP contribution in [0.3, 0.4) is 0 Å². The van der Waals surface area contributed by atoms with E-state index in [2.05, 4.69) is 0 Å². The maximum absolute atomic E-state index is 11.6. The van der Waals surface area contributed by atoms with Crippen molar-refractivity contribution in [3.05, 3.63) is 65.7 Å². The van der Waals surface area contributed by atoms with Gasteiger partial charge in [0.05, 0.1) is 17.7 Å². The number of aliphatic hydroxyl groups is 1. The van der Waals surface area contributed by atoms with E-state index in [-0.39, 0.29) is 11.9 Å². The van der Waals surface area contributed by atoms with Gasteiger partial charge in [0, 0.05) is 12.2 Å². The van der Waals surface area contributed by atoms with Crippen molar-refractivity contribution in [3.63, 3.8) is 0 Å². The van der Waals surface area contributed by atoms with Crippen molar-refractivity contribution in [2.45, 2.75) is 18.6 Å². The zero-order valence-electron chi connectivity index (χ0n) is 13.9. The van der Waals surface area contributed by atoms with Gasteiger partial charge in [0.2, 0.25) is 5.91 Å². The second-order valence-corrected chi connectivity index (χ2v) is 5.70. The average Bonchev–Trinajstić information content (AvgIpc) is 3.01. The molecule has 7 nitrogen and oxygen atoms in total. The number of benzene rings is 2. The second-order valence-electron chi connectivity index (χ2n) is 5.70. The minimum Gasteiger partial charge on any atom is -0.479 e. The number of carboxylic acids is 1. The molecule has 7 heteroatoms. The molecule has 0 bridgehead atoms. The van der Waals surface area contributed by atoms with Gasteiger partial charge in [-0.25, -0.2) is 4.79 Å². The van der Waals surface area contributed by atoms with Gasteiger partial charge in [0.15, 0.2) is 6.10 Å². The number of carboxylic acid groups (broad SMARTS) is 1. The van der Waals surface area contributed by atoms with Crippen LogP contribution in [-0.2, 0) is 9.59 Å². The Labute approximate surface area is 150 Å². The maximum Gasteiger partial charge on any atom is 0.337 e. The third kappa shape index (κ3) is 4.66. The van der Waals surface area contributed by atoms with Crippen LogP contribution in [0.5, 0.6) is 0 Å². The van der Waals surface area contributed by atoms with Crippen LogP contribution >= 0.6 is 0 Å². The summed E-state index contributed by atoms with van der Waals surface area (Å²) in [6.07, 6.45) is -0.713. The molecule has 2 aromatic carbocycles. The van der Waals surface area contributed by atoms with Gasteiger partial charge in [-0.2, -0.15) is 5.26 Å². The molecule has 2 atom stereocenters. The first kappa shape index (κ1) is 19.1. The third-order valence-electron chi connectivity index (χ3n) is 3.90. The van der Waals surface area contributed by atoms with E-state index in [1.54, 1.807) is 59.5 Å². The lowest BCUT2D eigenvalue weighted by Gasteiger charge is -2.15. The van der Waals surface area contributed by atoms with Gasteiger partial charge < -0.3 is 20.8 Å². The van der Waals surface area contributed by atoms with Crippen molar-refractivity contribution in [2.75, 3.05) is 11.4 Å². The minimum atomic E-state index is -1.41. The summed E-state index contributed by atoms with van der Waals surface area (Å²) in [7, 11) is 0. The van der Waals surface area contributed by atoms with Crippen molar-refractivity contribution >= 4 is 17.6 Å². The van der Waals surface area contributed by atoms with Crippen molar-refractivity contribution in [3.8, 4) is 6.07 Å². The van der Waals surface area contributed by atoms with Crippen molar-refractivity contribution in [1.82, 2.24) is 0 Å². The number of nitrogens with two attached hydrogens (primary N) is 1. The molecule has 1 heterocycles. The third-order valence-corrected chi connectivity index (χ3v) is 3.90. The lowest BCUT2D eigenvalue weighted by atomic mass is 10.1. The Hall–Kier alpha value is -3.21. The van der Waals surface area contributed by atoms with E-state index in [0.717, 1.165) is 5.69 Å². The first-order valence-electron chi connectivity index (χ1n) is 7.97. The predicted molar refractivity (Wildman–Crippen MR) is 95.1 cm³/mol. The molecule has 4 N–H and O–H groups in total. The zero-order valence-corrected chi connectivity index (χ0v) is 13.9. The molecule has 1 amide bonds. The molecule has 26 heavy (non-hydrogen) atoms. The van der Waals surface area contributed by atoms with Crippen LogP contribution in [-0.4, -0.2) is 34.7 Å². The molecule has 3 rings (SSSR count). The normalized spacial score (nSPS) is 17.0. The molecule has 0 aliphatic carbocycles. The van der Waals surface area contributed by atoms with Gasteiger partial charge in [0.25, 0.3) is 0 Å². The molecule has 0 saturated carbocycles. The summed E-state index contributed by atoms with van der Waals surface area (Å²) < 4.78 is 0. The zero-order chi connectivity index (χ0) is 19.1. The van der Waals surface area contributed by atoms with Crippen LogP contribution in [0.15, 0.2) is 54.6 Å². The number of anilines is 1. The SMILES string of the molecule is N#Cc1ccc(N2CC[C@@H](N)C2=O)cc1.O=C(O)[C@@H](O)c1ccccc1. The highest BCUT2D eigenvalue weighted by Gasteiger charge is 2.29. The molecule has 1 aliphatic heterocycles. The van der Waals surface area contributed by atoms with E-state index in [1.165, 1.54) is 0 Å². The highest BCUT2D eigenvalue weighted by Crippen LogP contribution is 2.20. The molecule has 1 saturated heterocycles. The van der Waals surface area contributed by atoms with E-state index in [9.17, 15) is 9.59 Å². The molecule has 134 valence electrons. The van der Waals surface area contributed by atoms with Crippen LogP contribution in [0.2, 0.25) is 0 Å². The number of carbonyl (C=O) groups is 2. The van der Waals surface area contributed by atoms with Gasteiger partial charge in [-0.1, -0.05) is 30.3 Å². The minimum absolute atomic E-state index is 0.0419. The van der Waals surface area contributed by atoms with Crippen LogP contribution in [0.25, 0.3) is 0 Å². The van der Waals surface area contributed by atoms with Gasteiger partial charge in [-0.15, -0.1) is 0 Å². The van der Waals surface area contributed by atoms with E-state index in [1.807, 2.05) is 6.07 Å². The summed E-state index contributed by atoms with van der Waals surface area (Å²) >= 11 is 0. The molecule has 0 unspecified atom stereocenters. The van der Waals surface area contributed by atoms with E-state index < -0.39 is 12.1 Å². The first-order valence-corrected chi connectivity index (χ1v) is 7.97. The standard InChI is InChI=1S/C11H11N3O.C8H8O3/c12-7-8-1-3-9(4-2-8)14-6-5-10(13)11(14)15;9-7(8(10)11)6-4-2-1-3-5-6/h1-4,10H,5-6,13H2;1-5,7,9H,(H,10,11)/t10-;7-/m10/s1. The summed E-state index contributed by atoms with van der Waals surface area (Å²) in [6.45, 7) is 0.659. The summed E-state index contributed by atoms with van der Waals surface area (Å²) in [6, 6.07) is 16.9.